The van der Waals surface area contributed by atoms with Gasteiger partial charge < -0.3 is 4.90 Å². The SMILES string of the molecule is [CH2]C(=O)c1ccc(CN2CCCCC2=O)cc1. The topological polar surface area (TPSA) is 37.4 Å². The van der Waals surface area contributed by atoms with Crippen molar-refractivity contribution in [2.45, 2.75) is 25.8 Å². The highest BCUT2D eigenvalue weighted by Crippen LogP contribution is 2.14. The number of hydrogen-bond donors (Lipinski definition) is 0. The molecule has 0 atom stereocenters. The van der Waals surface area contributed by atoms with Gasteiger partial charge in [0.05, 0.1) is 0 Å². The third kappa shape index (κ3) is 2.93. The second-order valence-electron chi connectivity index (χ2n) is 4.39. The van der Waals surface area contributed by atoms with Crippen LogP contribution >= 0.6 is 0 Å². The van der Waals surface area contributed by atoms with Crippen LogP contribution in [0.15, 0.2) is 24.3 Å². The van der Waals surface area contributed by atoms with Gasteiger partial charge in [-0.2, -0.15) is 0 Å². The molecule has 1 aliphatic rings. The van der Waals surface area contributed by atoms with E-state index in [0.717, 1.165) is 24.9 Å². The lowest BCUT2D eigenvalue weighted by atomic mass is 10.1. The summed E-state index contributed by atoms with van der Waals surface area (Å²) < 4.78 is 0. The van der Waals surface area contributed by atoms with Gasteiger partial charge in [-0.15, -0.1) is 0 Å². The largest absolute Gasteiger partial charge is 0.338 e. The average molecular weight is 230 g/mol. The van der Waals surface area contributed by atoms with Crippen LogP contribution in [0.3, 0.4) is 0 Å². The van der Waals surface area contributed by atoms with Crippen LogP contribution in [0.5, 0.6) is 0 Å². The second kappa shape index (κ2) is 5.13. The molecule has 2 rings (SSSR count). The molecule has 3 heteroatoms. The predicted octanol–water partition coefficient (Wildman–Crippen LogP) is 2.22. The number of amides is 1. The molecule has 1 aliphatic heterocycles. The number of carbonyl (C=O) groups excluding carboxylic acids is 2. The van der Waals surface area contributed by atoms with Crippen LogP contribution in [0, 0.1) is 6.92 Å². The van der Waals surface area contributed by atoms with E-state index in [-0.39, 0.29) is 11.7 Å². The molecule has 0 bridgehead atoms. The number of benzene rings is 1. The van der Waals surface area contributed by atoms with Crippen molar-refractivity contribution >= 4 is 11.7 Å². The first-order valence-corrected chi connectivity index (χ1v) is 5.90. The highest BCUT2D eigenvalue weighted by molar-refractivity contribution is 5.99. The third-order valence-electron chi connectivity index (χ3n) is 3.07. The number of carbonyl (C=O) groups is 2. The summed E-state index contributed by atoms with van der Waals surface area (Å²) in [5, 5.41) is 0. The van der Waals surface area contributed by atoms with Crippen molar-refractivity contribution in [3.8, 4) is 0 Å². The molecule has 1 fully saturated rings. The quantitative estimate of drug-likeness (QED) is 0.747. The maximum Gasteiger partial charge on any atom is 0.222 e. The molecule has 1 radical (unpaired) electrons. The van der Waals surface area contributed by atoms with E-state index in [1.165, 1.54) is 0 Å². The minimum absolute atomic E-state index is 0.175. The van der Waals surface area contributed by atoms with Gasteiger partial charge in [0.15, 0.2) is 5.78 Å². The van der Waals surface area contributed by atoms with Gasteiger partial charge in [0.1, 0.15) is 0 Å². The van der Waals surface area contributed by atoms with Crippen LogP contribution in [-0.2, 0) is 11.3 Å². The van der Waals surface area contributed by atoms with E-state index in [1.54, 1.807) is 12.1 Å². The molecule has 1 aromatic carbocycles. The summed E-state index contributed by atoms with van der Waals surface area (Å²) in [5.74, 6) is 0.0548. The second-order valence-corrected chi connectivity index (χ2v) is 4.39. The van der Waals surface area contributed by atoms with Gasteiger partial charge in [-0.05, 0) is 18.4 Å². The number of ketones is 1. The molecule has 0 aromatic heterocycles. The van der Waals surface area contributed by atoms with Crippen molar-refractivity contribution in [1.82, 2.24) is 4.90 Å². The number of piperidine rings is 1. The van der Waals surface area contributed by atoms with Crippen molar-refractivity contribution in [3.05, 3.63) is 42.3 Å². The zero-order chi connectivity index (χ0) is 12.3. The highest BCUT2D eigenvalue weighted by Gasteiger charge is 2.17. The van der Waals surface area contributed by atoms with Crippen LogP contribution < -0.4 is 0 Å². The Morgan fingerprint density at radius 1 is 1.24 bits per heavy atom. The summed E-state index contributed by atoms with van der Waals surface area (Å²) in [6, 6.07) is 7.30. The molecule has 0 unspecified atom stereocenters. The van der Waals surface area contributed by atoms with Crippen LogP contribution in [0.2, 0.25) is 0 Å². The van der Waals surface area contributed by atoms with Crippen LogP contribution in [0.4, 0.5) is 0 Å². The van der Waals surface area contributed by atoms with Crippen molar-refractivity contribution in [2.24, 2.45) is 0 Å². The van der Waals surface area contributed by atoms with Gasteiger partial charge in [-0.3, -0.25) is 9.59 Å². The van der Waals surface area contributed by atoms with E-state index in [2.05, 4.69) is 6.92 Å². The van der Waals surface area contributed by atoms with Crippen molar-refractivity contribution in [2.75, 3.05) is 6.54 Å². The lowest BCUT2D eigenvalue weighted by molar-refractivity contribution is -0.133. The summed E-state index contributed by atoms with van der Waals surface area (Å²) in [7, 11) is 0. The van der Waals surface area contributed by atoms with Crippen LogP contribution in [0.25, 0.3) is 0 Å². The number of nitrogens with zero attached hydrogens (tertiary/aromatic N) is 1. The fourth-order valence-electron chi connectivity index (χ4n) is 2.05. The zero-order valence-corrected chi connectivity index (χ0v) is 9.82. The molecule has 1 heterocycles. The Bertz CT molecular complexity index is 422. The van der Waals surface area contributed by atoms with E-state index in [4.69, 9.17) is 0 Å². The molecule has 1 aromatic rings. The lowest BCUT2D eigenvalue weighted by Gasteiger charge is -2.26. The Balaban J connectivity index is 2.03. The molecule has 1 saturated heterocycles. The van der Waals surface area contributed by atoms with Crippen molar-refractivity contribution in [3.63, 3.8) is 0 Å². The standard InChI is InChI=1S/C14H16NO2/c1-11(16)13-7-5-12(6-8-13)10-15-9-3-2-4-14(15)17/h5-8H,1-4,9-10H2. The van der Waals surface area contributed by atoms with Crippen molar-refractivity contribution < 1.29 is 9.59 Å². The molecule has 0 N–H and O–H groups in total. The van der Waals surface area contributed by atoms with E-state index in [0.29, 0.717) is 18.5 Å². The van der Waals surface area contributed by atoms with E-state index >= 15 is 0 Å². The van der Waals surface area contributed by atoms with Crippen molar-refractivity contribution in [1.29, 1.82) is 0 Å². The van der Waals surface area contributed by atoms with Crippen LogP contribution in [-0.4, -0.2) is 23.1 Å². The van der Waals surface area contributed by atoms with Crippen LogP contribution in [0.1, 0.15) is 35.2 Å². The number of hydrogen-bond acceptors (Lipinski definition) is 2. The molecular weight excluding hydrogens is 214 g/mol. The van der Waals surface area contributed by atoms with E-state index < -0.39 is 0 Å². The lowest BCUT2D eigenvalue weighted by Crippen LogP contribution is -2.34. The first kappa shape index (κ1) is 11.8. The maximum atomic E-state index is 11.6. The molecule has 3 nitrogen and oxygen atoms in total. The van der Waals surface area contributed by atoms with Gasteiger partial charge in [-0.1, -0.05) is 24.3 Å². The molecule has 0 aliphatic carbocycles. The summed E-state index contributed by atoms with van der Waals surface area (Å²) in [4.78, 5) is 24.5. The zero-order valence-electron chi connectivity index (χ0n) is 9.82. The third-order valence-corrected chi connectivity index (χ3v) is 3.07. The normalized spacial score (nSPS) is 16.1. The first-order chi connectivity index (χ1) is 8.16. The Morgan fingerprint density at radius 3 is 2.53 bits per heavy atom. The number of Topliss-reactive ketones (excluding diaryl/α,β-unsaturated/α-hetero) is 1. The molecule has 89 valence electrons. The Hall–Kier alpha value is -1.64. The van der Waals surface area contributed by atoms with Gasteiger partial charge in [-0.25, -0.2) is 0 Å². The smallest absolute Gasteiger partial charge is 0.222 e. The molecular formula is C14H16NO2. The fraction of sp³-hybridized carbons (Fsp3) is 0.357. The number of likely N-dealkylation sites (tertiary alicyclic amines) is 1. The van der Waals surface area contributed by atoms with E-state index in [9.17, 15) is 9.59 Å². The molecule has 0 saturated carbocycles. The number of rotatable bonds is 3. The Morgan fingerprint density at radius 2 is 1.94 bits per heavy atom. The summed E-state index contributed by atoms with van der Waals surface area (Å²) in [5.41, 5.74) is 1.67. The molecule has 17 heavy (non-hydrogen) atoms. The van der Waals surface area contributed by atoms with E-state index in [1.807, 2.05) is 17.0 Å². The van der Waals surface area contributed by atoms with Gasteiger partial charge >= 0.3 is 0 Å². The predicted molar refractivity (Wildman–Crippen MR) is 65.4 cm³/mol. The molecule has 1 amide bonds. The van der Waals surface area contributed by atoms with Gasteiger partial charge in [0.2, 0.25) is 5.91 Å². The minimum Gasteiger partial charge on any atom is -0.338 e. The Kier molecular flexibility index (Phi) is 3.57. The monoisotopic (exact) mass is 230 g/mol. The van der Waals surface area contributed by atoms with Gasteiger partial charge in [0, 0.05) is 32.0 Å². The Labute approximate surface area is 101 Å². The molecule has 0 spiro atoms. The first-order valence-electron chi connectivity index (χ1n) is 5.90. The summed E-state index contributed by atoms with van der Waals surface area (Å²) in [6.45, 7) is 4.85. The fourth-order valence-corrected chi connectivity index (χ4v) is 2.05. The maximum absolute atomic E-state index is 11.6. The minimum atomic E-state index is -0.175. The summed E-state index contributed by atoms with van der Waals surface area (Å²) >= 11 is 0. The average Bonchev–Trinajstić information content (AvgIpc) is 2.33. The van der Waals surface area contributed by atoms with Gasteiger partial charge in [0.25, 0.3) is 0 Å². The summed E-state index contributed by atoms with van der Waals surface area (Å²) in [6.07, 6.45) is 2.75. The highest BCUT2D eigenvalue weighted by atomic mass is 16.2.